The van der Waals surface area contributed by atoms with Gasteiger partial charge in [0.2, 0.25) is 0 Å². The van der Waals surface area contributed by atoms with Crippen LogP contribution in [0.5, 0.6) is 0 Å². The predicted octanol–water partition coefficient (Wildman–Crippen LogP) is 4.67. The molecule has 0 saturated carbocycles. The summed E-state index contributed by atoms with van der Waals surface area (Å²) in [6.07, 6.45) is 1.08. The minimum Gasteiger partial charge on any atom is -0.207 e. The van der Waals surface area contributed by atoms with E-state index in [1.807, 2.05) is 12.1 Å². The maximum atomic E-state index is 13.4. The van der Waals surface area contributed by atoms with Gasteiger partial charge in [0.05, 0.1) is 0 Å². The van der Waals surface area contributed by atoms with Crippen LogP contribution in [-0.2, 0) is 0 Å². The highest BCUT2D eigenvalue weighted by Gasteiger charge is 2.17. The smallest absolute Gasteiger partial charge is 0.126 e. The lowest BCUT2D eigenvalue weighted by molar-refractivity contribution is 0.348. The average Bonchev–Trinajstić information content (AvgIpc) is 2.06. The summed E-state index contributed by atoms with van der Waals surface area (Å²) < 4.78 is 13.4. The second-order valence-corrected chi connectivity index (χ2v) is 5.67. The zero-order chi connectivity index (χ0) is 11.6. The third-order valence-corrected chi connectivity index (χ3v) is 2.68. The molecule has 0 bridgehead atoms. The molecule has 1 unspecified atom stereocenters. The Kier molecular flexibility index (Phi) is 3.54. The van der Waals surface area contributed by atoms with Gasteiger partial charge in [-0.3, -0.25) is 0 Å². The van der Waals surface area contributed by atoms with Crippen LogP contribution in [0.3, 0.4) is 0 Å². The molecule has 1 heteroatoms. The zero-order valence-corrected chi connectivity index (χ0v) is 10.4. The van der Waals surface area contributed by atoms with Gasteiger partial charge >= 0.3 is 0 Å². The summed E-state index contributed by atoms with van der Waals surface area (Å²) in [5.74, 6) is 0.327. The maximum Gasteiger partial charge on any atom is 0.126 e. The van der Waals surface area contributed by atoms with Gasteiger partial charge in [-0.15, -0.1) is 0 Å². The minimum atomic E-state index is -0.0896. The first-order valence-electron chi connectivity index (χ1n) is 5.55. The number of rotatable bonds is 2. The Morgan fingerprint density at radius 2 is 1.87 bits per heavy atom. The molecule has 0 nitrogen and oxygen atoms in total. The lowest BCUT2D eigenvalue weighted by Crippen LogP contribution is -2.10. The average molecular weight is 208 g/mol. The number of benzene rings is 1. The van der Waals surface area contributed by atoms with Gasteiger partial charge in [0.25, 0.3) is 0 Å². The molecule has 0 N–H and O–H groups in total. The molecule has 0 radical (unpaired) electrons. The van der Waals surface area contributed by atoms with Crippen molar-refractivity contribution in [1.29, 1.82) is 0 Å². The van der Waals surface area contributed by atoms with Crippen LogP contribution >= 0.6 is 0 Å². The molecule has 1 atom stereocenters. The topological polar surface area (TPSA) is 0 Å². The van der Waals surface area contributed by atoms with Crippen molar-refractivity contribution in [3.63, 3.8) is 0 Å². The van der Waals surface area contributed by atoms with Gasteiger partial charge in [-0.25, -0.2) is 4.39 Å². The highest BCUT2D eigenvalue weighted by atomic mass is 19.1. The van der Waals surface area contributed by atoms with Gasteiger partial charge in [-0.2, -0.15) is 0 Å². The summed E-state index contributed by atoms with van der Waals surface area (Å²) in [4.78, 5) is 0. The van der Waals surface area contributed by atoms with E-state index in [0.29, 0.717) is 11.3 Å². The van der Waals surface area contributed by atoms with Crippen LogP contribution in [0.2, 0.25) is 0 Å². The molecule has 1 rings (SSSR count). The lowest BCUT2D eigenvalue weighted by atomic mass is 9.82. The van der Waals surface area contributed by atoms with Crippen LogP contribution in [0.4, 0.5) is 4.39 Å². The largest absolute Gasteiger partial charge is 0.207 e. The Morgan fingerprint density at radius 1 is 1.27 bits per heavy atom. The van der Waals surface area contributed by atoms with Crippen molar-refractivity contribution < 1.29 is 4.39 Å². The second-order valence-electron chi connectivity index (χ2n) is 5.67. The van der Waals surface area contributed by atoms with Crippen LogP contribution in [-0.4, -0.2) is 0 Å². The molecule has 0 fully saturated rings. The van der Waals surface area contributed by atoms with E-state index in [9.17, 15) is 4.39 Å². The third kappa shape index (κ3) is 3.65. The molecule has 0 aliphatic carbocycles. The molecule has 84 valence electrons. The van der Waals surface area contributed by atoms with Crippen molar-refractivity contribution in [2.24, 2.45) is 5.41 Å². The van der Waals surface area contributed by atoms with E-state index in [1.54, 1.807) is 13.0 Å². The minimum absolute atomic E-state index is 0.0896. The van der Waals surface area contributed by atoms with E-state index < -0.39 is 0 Å². The molecule has 0 aromatic heterocycles. The number of hydrogen-bond donors (Lipinski definition) is 0. The van der Waals surface area contributed by atoms with Gasteiger partial charge < -0.3 is 0 Å². The SMILES string of the molecule is Cc1ccc(C(C)CC(C)(C)C)cc1F. The first-order chi connectivity index (χ1) is 6.79. The molecule has 15 heavy (non-hydrogen) atoms. The highest BCUT2D eigenvalue weighted by Crippen LogP contribution is 2.31. The van der Waals surface area contributed by atoms with E-state index in [1.165, 1.54) is 0 Å². The van der Waals surface area contributed by atoms with Crippen LogP contribution in [0.15, 0.2) is 18.2 Å². The molecule has 0 aliphatic heterocycles. The van der Waals surface area contributed by atoms with Gasteiger partial charge in [0.1, 0.15) is 5.82 Å². The van der Waals surface area contributed by atoms with Crippen molar-refractivity contribution in [3.8, 4) is 0 Å². The highest BCUT2D eigenvalue weighted by molar-refractivity contribution is 5.25. The maximum absolute atomic E-state index is 13.4. The van der Waals surface area contributed by atoms with Crippen molar-refractivity contribution in [1.82, 2.24) is 0 Å². The Morgan fingerprint density at radius 3 is 2.33 bits per heavy atom. The summed E-state index contributed by atoms with van der Waals surface area (Å²) in [6, 6.07) is 5.57. The Labute approximate surface area is 92.5 Å². The van der Waals surface area contributed by atoms with Gasteiger partial charge in [-0.1, -0.05) is 39.8 Å². The Hall–Kier alpha value is -0.850. The van der Waals surface area contributed by atoms with E-state index in [-0.39, 0.29) is 5.82 Å². The fraction of sp³-hybridized carbons (Fsp3) is 0.571. The summed E-state index contributed by atoms with van der Waals surface area (Å²) in [5.41, 5.74) is 2.12. The molecular formula is C14H21F. The molecule has 0 saturated heterocycles. The zero-order valence-electron chi connectivity index (χ0n) is 10.4. The van der Waals surface area contributed by atoms with E-state index in [4.69, 9.17) is 0 Å². The van der Waals surface area contributed by atoms with Crippen LogP contribution in [0.1, 0.15) is 51.2 Å². The van der Waals surface area contributed by atoms with E-state index in [2.05, 4.69) is 27.7 Å². The molecular weight excluding hydrogens is 187 g/mol. The van der Waals surface area contributed by atoms with E-state index in [0.717, 1.165) is 17.5 Å². The normalized spacial score (nSPS) is 14.0. The molecule has 1 aromatic carbocycles. The number of hydrogen-bond acceptors (Lipinski definition) is 0. The summed E-state index contributed by atoms with van der Waals surface area (Å²) >= 11 is 0. The molecule has 0 aliphatic rings. The fourth-order valence-corrected chi connectivity index (χ4v) is 1.95. The Bertz CT molecular complexity index is 334. The lowest BCUT2D eigenvalue weighted by Gasteiger charge is -2.23. The molecule has 1 aromatic rings. The van der Waals surface area contributed by atoms with Crippen LogP contribution in [0.25, 0.3) is 0 Å². The Balaban J connectivity index is 2.83. The summed E-state index contributed by atoms with van der Waals surface area (Å²) in [5, 5.41) is 0. The van der Waals surface area contributed by atoms with Crippen molar-refractivity contribution in [2.75, 3.05) is 0 Å². The summed E-state index contributed by atoms with van der Waals surface area (Å²) in [7, 11) is 0. The third-order valence-electron chi connectivity index (χ3n) is 2.68. The first-order valence-corrected chi connectivity index (χ1v) is 5.55. The van der Waals surface area contributed by atoms with Crippen molar-refractivity contribution >= 4 is 0 Å². The van der Waals surface area contributed by atoms with Gasteiger partial charge in [0, 0.05) is 0 Å². The fourth-order valence-electron chi connectivity index (χ4n) is 1.95. The molecule has 0 amide bonds. The standard InChI is InChI=1S/C14H21F/c1-10-6-7-12(8-13(10)15)11(2)9-14(3,4)5/h6-8,11H,9H2,1-5H3. The van der Waals surface area contributed by atoms with E-state index >= 15 is 0 Å². The number of aryl methyl sites for hydroxylation is 1. The predicted molar refractivity (Wildman–Crippen MR) is 63.6 cm³/mol. The summed E-state index contributed by atoms with van der Waals surface area (Å²) in [6.45, 7) is 10.6. The quantitative estimate of drug-likeness (QED) is 0.662. The van der Waals surface area contributed by atoms with Gasteiger partial charge in [-0.05, 0) is 41.9 Å². The van der Waals surface area contributed by atoms with Crippen molar-refractivity contribution in [3.05, 3.63) is 35.1 Å². The monoisotopic (exact) mass is 208 g/mol. The first kappa shape index (κ1) is 12.2. The number of halogens is 1. The molecule has 0 heterocycles. The van der Waals surface area contributed by atoms with Gasteiger partial charge in [0.15, 0.2) is 0 Å². The van der Waals surface area contributed by atoms with Crippen molar-refractivity contribution in [2.45, 2.75) is 47.0 Å². The van der Waals surface area contributed by atoms with Crippen LogP contribution < -0.4 is 0 Å². The second kappa shape index (κ2) is 4.34. The molecule has 0 spiro atoms. The van der Waals surface area contributed by atoms with Crippen LogP contribution in [0, 0.1) is 18.2 Å².